The molecule has 92 valence electrons. The van der Waals surface area contributed by atoms with Crippen molar-refractivity contribution in [1.82, 2.24) is 0 Å². The van der Waals surface area contributed by atoms with Crippen LogP contribution in [0.3, 0.4) is 0 Å². The number of hydrogen-bond acceptors (Lipinski definition) is 2. The molecule has 0 bridgehead atoms. The lowest BCUT2D eigenvalue weighted by molar-refractivity contribution is 0.0693. The molecular formula is C13H8BrClO2S. The molecule has 0 heterocycles. The van der Waals surface area contributed by atoms with Gasteiger partial charge < -0.3 is 5.11 Å². The van der Waals surface area contributed by atoms with Crippen molar-refractivity contribution in [3.8, 4) is 0 Å². The molecule has 5 heteroatoms. The molecule has 0 atom stereocenters. The van der Waals surface area contributed by atoms with Crippen LogP contribution in [0, 0.1) is 0 Å². The lowest BCUT2D eigenvalue weighted by Gasteiger charge is -2.06. The molecular weight excluding hydrogens is 336 g/mol. The second-order valence-electron chi connectivity index (χ2n) is 3.51. The molecule has 0 spiro atoms. The van der Waals surface area contributed by atoms with Gasteiger partial charge in [0.15, 0.2) is 0 Å². The third kappa shape index (κ3) is 3.28. The van der Waals surface area contributed by atoms with E-state index in [0.29, 0.717) is 9.92 Å². The Balaban J connectivity index is 2.39. The maximum absolute atomic E-state index is 11.1. The highest BCUT2D eigenvalue weighted by atomic mass is 79.9. The molecule has 2 nitrogen and oxygen atoms in total. The molecule has 0 saturated carbocycles. The van der Waals surface area contributed by atoms with Gasteiger partial charge in [0.2, 0.25) is 0 Å². The van der Waals surface area contributed by atoms with Gasteiger partial charge in [0, 0.05) is 19.3 Å². The van der Waals surface area contributed by atoms with Crippen LogP contribution in [0.2, 0.25) is 5.02 Å². The summed E-state index contributed by atoms with van der Waals surface area (Å²) in [5, 5.41) is 9.77. The van der Waals surface area contributed by atoms with E-state index >= 15 is 0 Å². The van der Waals surface area contributed by atoms with Crippen LogP contribution in [-0.4, -0.2) is 11.1 Å². The minimum absolute atomic E-state index is 0.281. The van der Waals surface area contributed by atoms with Crippen molar-refractivity contribution in [2.45, 2.75) is 9.79 Å². The fourth-order valence-electron chi connectivity index (χ4n) is 1.41. The number of aromatic carboxylic acids is 1. The number of benzene rings is 2. The fourth-order valence-corrected chi connectivity index (χ4v) is 3.22. The van der Waals surface area contributed by atoms with Crippen LogP contribution in [0.4, 0.5) is 0 Å². The van der Waals surface area contributed by atoms with Gasteiger partial charge in [0.1, 0.15) is 0 Å². The van der Waals surface area contributed by atoms with Gasteiger partial charge in [-0.2, -0.15) is 0 Å². The standard InChI is InChI=1S/C13H8BrClO2S/c14-8-4-5-11(13(16)17)12(6-8)18-10-3-1-2-9(15)7-10/h1-7H,(H,16,17). The smallest absolute Gasteiger partial charge is 0.336 e. The minimum Gasteiger partial charge on any atom is -0.478 e. The predicted molar refractivity (Wildman–Crippen MR) is 76.7 cm³/mol. The normalized spacial score (nSPS) is 10.3. The number of rotatable bonds is 3. The maximum Gasteiger partial charge on any atom is 0.336 e. The molecule has 0 amide bonds. The van der Waals surface area contributed by atoms with E-state index in [4.69, 9.17) is 16.7 Å². The Bertz CT molecular complexity index is 601. The summed E-state index contributed by atoms with van der Waals surface area (Å²) in [7, 11) is 0. The lowest BCUT2D eigenvalue weighted by atomic mass is 10.2. The average Bonchev–Trinajstić information content (AvgIpc) is 2.28. The van der Waals surface area contributed by atoms with Crippen LogP contribution in [0.25, 0.3) is 0 Å². The first-order chi connectivity index (χ1) is 8.56. The number of carboxylic acid groups (broad SMARTS) is 1. The molecule has 0 aromatic heterocycles. The van der Waals surface area contributed by atoms with Crippen molar-refractivity contribution in [1.29, 1.82) is 0 Å². The molecule has 0 saturated heterocycles. The van der Waals surface area contributed by atoms with Crippen molar-refractivity contribution < 1.29 is 9.90 Å². The Morgan fingerprint density at radius 2 is 2.00 bits per heavy atom. The monoisotopic (exact) mass is 342 g/mol. The summed E-state index contributed by atoms with van der Waals surface area (Å²) >= 11 is 10.6. The van der Waals surface area contributed by atoms with Crippen LogP contribution >= 0.6 is 39.3 Å². The Hall–Kier alpha value is -0.970. The first-order valence-electron chi connectivity index (χ1n) is 5.02. The first kappa shape index (κ1) is 13.5. The Kier molecular flexibility index (Phi) is 4.32. The summed E-state index contributed by atoms with van der Waals surface area (Å²) in [6.45, 7) is 0. The van der Waals surface area contributed by atoms with Gasteiger partial charge in [-0.25, -0.2) is 4.79 Å². The van der Waals surface area contributed by atoms with Crippen molar-refractivity contribution in [2.24, 2.45) is 0 Å². The van der Waals surface area contributed by atoms with Gasteiger partial charge in [0.25, 0.3) is 0 Å². The first-order valence-corrected chi connectivity index (χ1v) is 7.01. The van der Waals surface area contributed by atoms with E-state index in [9.17, 15) is 4.79 Å². The van der Waals surface area contributed by atoms with E-state index in [1.54, 1.807) is 30.3 Å². The van der Waals surface area contributed by atoms with Crippen LogP contribution in [0.1, 0.15) is 10.4 Å². The van der Waals surface area contributed by atoms with E-state index in [1.807, 2.05) is 12.1 Å². The summed E-state index contributed by atoms with van der Waals surface area (Å²) in [5.74, 6) is -0.938. The zero-order chi connectivity index (χ0) is 13.1. The second-order valence-corrected chi connectivity index (χ2v) is 5.97. The van der Waals surface area contributed by atoms with E-state index in [0.717, 1.165) is 9.37 Å². The SMILES string of the molecule is O=C(O)c1ccc(Br)cc1Sc1cccc(Cl)c1. The Labute approximate surface area is 122 Å². The predicted octanol–water partition coefficient (Wildman–Crippen LogP) is 4.95. The summed E-state index contributed by atoms with van der Waals surface area (Å²) in [5.41, 5.74) is 0.281. The van der Waals surface area contributed by atoms with Crippen LogP contribution < -0.4 is 0 Å². The number of halogens is 2. The average molecular weight is 344 g/mol. The molecule has 0 radical (unpaired) electrons. The highest BCUT2D eigenvalue weighted by Crippen LogP contribution is 2.33. The molecule has 0 aliphatic rings. The summed E-state index contributed by atoms with van der Waals surface area (Å²) < 4.78 is 0.844. The third-order valence-electron chi connectivity index (χ3n) is 2.20. The van der Waals surface area contributed by atoms with Gasteiger partial charge in [-0.3, -0.25) is 0 Å². The zero-order valence-electron chi connectivity index (χ0n) is 9.06. The number of carboxylic acids is 1. The van der Waals surface area contributed by atoms with E-state index in [-0.39, 0.29) is 5.56 Å². The molecule has 18 heavy (non-hydrogen) atoms. The van der Waals surface area contributed by atoms with Gasteiger partial charge in [0.05, 0.1) is 5.56 Å². The van der Waals surface area contributed by atoms with E-state index < -0.39 is 5.97 Å². The Morgan fingerprint density at radius 1 is 1.22 bits per heavy atom. The van der Waals surface area contributed by atoms with Gasteiger partial charge in [-0.1, -0.05) is 45.4 Å². The minimum atomic E-state index is -0.938. The molecule has 2 aromatic rings. The zero-order valence-corrected chi connectivity index (χ0v) is 12.2. The van der Waals surface area contributed by atoms with E-state index in [1.165, 1.54) is 11.8 Å². The van der Waals surface area contributed by atoms with Gasteiger partial charge in [-0.05, 0) is 36.4 Å². The van der Waals surface area contributed by atoms with Crippen LogP contribution in [-0.2, 0) is 0 Å². The number of hydrogen-bond donors (Lipinski definition) is 1. The second kappa shape index (κ2) is 5.78. The molecule has 0 aliphatic carbocycles. The molecule has 1 N–H and O–H groups in total. The van der Waals surface area contributed by atoms with Crippen molar-refractivity contribution in [2.75, 3.05) is 0 Å². The maximum atomic E-state index is 11.1. The van der Waals surface area contributed by atoms with E-state index in [2.05, 4.69) is 15.9 Å². The summed E-state index contributed by atoms with van der Waals surface area (Å²) in [6, 6.07) is 12.4. The topological polar surface area (TPSA) is 37.3 Å². The van der Waals surface area contributed by atoms with Gasteiger partial charge in [-0.15, -0.1) is 0 Å². The molecule has 2 aromatic carbocycles. The summed E-state index contributed by atoms with van der Waals surface area (Å²) in [4.78, 5) is 12.7. The van der Waals surface area contributed by atoms with Crippen LogP contribution in [0.5, 0.6) is 0 Å². The van der Waals surface area contributed by atoms with Gasteiger partial charge >= 0.3 is 5.97 Å². The third-order valence-corrected chi connectivity index (χ3v) is 3.97. The molecule has 0 fully saturated rings. The highest BCUT2D eigenvalue weighted by Gasteiger charge is 2.11. The number of carbonyl (C=O) groups is 1. The molecule has 0 unspecified atom stereocenters. The lowest BCUT2D eigenvalue weighted by Crippen LogP contribution is -1.98. The van der Waals surface area contributed by atoms with Crippen LogP contribution in [0.15, 0.2) is 56.7 Å². The quantitative estimate of drug-likeness (QED) is 0.856. The highest BCUT2D eigenvalue weighted by molar-refractivity contribution is 9.10. The summed E-state index contributed by atoms with van der Waals surface area (Å²) in [6.07, 6.45) is 0. The molecule has 0 aliphatic heterocycles. The van der Waals surface area contributed by atoms with Crippen molar-refractivity contribution in [3.63, 3.8) is 0 Å². The fraction of sp³-hybridized carbons (Fsp3) is 0. The Morgan fingerprint density at radius 3 is 2.67 bits per heavy atom. The molecule has 2 rings (SSSR count). The van der Waals surface area contributed by atoms with Crippen molar-refractivity contribution >= 4 is 45.3 Å². The van der Waals surface area contributed by atoms with Crippen molar-refractivity contribution in [3.05, 3.63) is 57.5 Å². The largest absolute Gasteiger partial charge is 0.478 e.